The van der Waals surface area contributed by atoms with Gasteiger partial charge in [-0.2, -0.15) is 0 Å². The van der Waals surface area contributed by atoms with Crippen molar-refractivity contribution in [3.63, 3.8) is 0 Å². The van der Waals surface area contributed by atoms with Crippen molar-refractivity contribution in [3.05, 3.63) is 36.0 Å². The van der Waals surface area contributed by atoms with E-state index in [9.17, 15) is 8.78 Å². The van der Waals surface area contributed by atoms with Crippen LogP contribution >= 0.6 is 0 Å². The zero-order valence-corrected chi connectivity index (χ0v) is 7.27. The van der Waals surface area contributed by atoms with Gasteiger partial charge in [0.25, 0.3) is 0 Å². The van der Waals surface area contributed by atoms with E-state index in [-0.39, 0.29) is 17.4 Å². The molecule has 1 unspecified atom stereocenters. The summed E-state index contributed by atoms with van der Waals surface area (Å²) in [6, 6.07) is 0. The van der Waals surface area contributed by atoms with Crippen molar-refractivity contribution in [2.75, 3.05) is 0 Å². The third-order valence-electron chi connectivity index (χ3n) is 2.32. The average molecular weight is 170 g/mol. The number of halogens is 2. The van der Waals surface area contributed by atoms with Gasteiger partial charge >= 0.3 is 0 Å². The molecule has 0 fully saturated rings. The van der Waals surface area contributed by atoms with Gasteiger partial charge in [-0.25, -0.2) is 8.78 Å². The van der Waals surface area contributed by atoms with Crippen molar-refractivity contribution < 1.29 is 8.78 Å². The lowest BCUT2D eigenvalue weighted by Gasteiger charge is -2.21. The Bertz CT molecular complexity index is 261. The van der Waals surface area contributed by atoms with Crippen LogP contribution in [0.15, 0.2) is 36.0 Å². The summed E-state index contributed by atoms with van der Waals surface area (Å²) in [5, 5.41) is 0. The highest BCUT2D eigenvalue weighted by molar-refractivity contribution is 5.40. The van der Waals surface area contributed by atoms with Gasteiger partial charge in [-0.05, 0) is 12.0 Å². The lowest BCUT2D eigenvalue weighted by Crippen LogP contribution is -2.12. The summed E-state index contributed by atoms with van der Waals surface area (Å²) in [7, 11) is 0. The third-order valence-corrected chi connectivity index (χ3v) is 2.32. The summed E-state index contributed by atoms with van der Waals surface area (Å²) in [5.74, 6) is -1.20. The maximum atomic E-state index is 13.3. The molecular formula is C10H12F2. The number of hydrogen-bond acceptors (Lipinski definition) is 0. The summed E-state index contributed by atoms with van der Waals surface area (Å²) in [6.45, 7) is 6.90. The molecule has 0 bridgehead atoms. The summed E-state index contributed by atoms with van der Waals surface area (Å²) in [5.41, 5.74) is 0.0144. The van der Waals surface area contributed by atoms with E-state index in [0.29, 0.717) is 0 Å². The molecular weight excluding hydrogens is 158 g/mol. The predicted molar refractivity (Wildman–Crippen MR) is 45.9 cm³/mol. The Morgan fingerprint density at radius 1 is 1.42 bits per heavy atom. The first kappa shape index (κ1) is 9.17. The van der Waals surface area contributed by atoms with Crippen molar-refractivity contribution in [1.29, 1.82) is 0 Å². The second-order valence-electron chi connectivity index (χ2n) is 3.13. The molecule has 0 aromatic carbocycles. The first-order chi connectivity index (χ1) is 5.57. The average Bonchev–Trinajstić information content (AvgIpc) is 2.01. The molecule has 2 heteroatoms. The Kier molecular flexibility index (Phi) is 2.46. The maximum absolute atomic E-state index is 13.3. The molecule has 1 rings (SSSR count). The predicted octanol–water partition coefficient (Wildman–Crippen LogP) is 3.54. The van der Waals surface area contributed by atoms with Crippen LogP contribution in [0.25, 0.3) is 0 Å². The van der Waals surface area contributed by atoms with Crippen LogP contribution in [0.1, 0.15) is 13.8 Å². The lowest BCUT2D eigenvalue weighted by atomic mass is 9.87. The van der Waals surface area contributed by atoms with E-state index in [4.69, 9.17) is 0 Å². The molecule has 0 N–H and O–H groups in total. The fourth-order valence-electron chi connectivity index (χ4n) is 1.25. The topological polar surface area (TPSA) is 0 Å². The standard InChI is InChI=1S/C10H12F2/c1-4-8-9(11)5-6(2)7(3)10(8)12/h4-7H,1H2,2-3H3/t6-,7?/m0/s1. The van der Waals surface area contributed by atoms with Crippen molar-refractivity contribution >= 4 is 0 Å². The molecule has 0 aliphatic heterocycles. The minimum Gasteiger partial charge on any atom is -0.211 e. The highest BCUT2D eigenvalue weighted by Gasteiger charge is 2.25. The Morgan fingerprint density at radius 2 is 2.00 bits per heavy atom. The van der Waals surface area contributed by atoms with E-state index in [2.05, 4.69) is 6.58 Å². The van der Waals surface area contributed by atoms with Crippen LogP contribution in [0.2, 0.25) is 0 Å². The summed E-state index contributed by atoms with van der Waals surface area (Å²) >= 11 is 0. The molecule has 66 valence electrons. The zero-order chi connectivity index (χ0) is 9.30. The Balaban J connectivity index is 3.11. The van der Waals surface area contributed by atoms with Gasteiger partial charge in [-0.15, -0.1) is 0 Å². The van der Waals surface area contributed by atoms with Gasteiger partial charge in [0.05, 0.1) is 0 Å². The smallest absolute Gasteiger partial charge is 0.129 e. The highest BCUT2D eigenvalue weighted by Crippen LogP contribution is 2.35. The molecule has 0 nitrogen and oxygen atoms in total. The third kappa shape index (κ3) is 1.33. The van der Waals surface area contributed by atoms with E-state index in [1.54, 1.807) is 13.8 Å². The molecule has 0 saturated carbocycles. The molecule has 0 heterocycles. The number of allylic oxidation sites excluding steroid dienone is 5. The minimum atomic E-state index is -0.492. The normalized spacial score (nSPS) is 30.2. The second-order valence-corrected chi connectivity index (χ2v) is 3.13. The molecule has 1 aliphatic carbocycles. The number of hydrogen-bond donors (Lipinski definition) is 0. The Morgan fingerprint density at radius 3 is 2.50 bits per heavy atom. The van der Waals surface area contributed by atoms with Crippen LogP contribution in [-0.2, 0) is 0 Å². The number of rotatable bonds is 1. The first-order valence-corrected chi connectivity index (χ1v) is 3.97. The van der Waals surface area contributed by atoms with Gasteiger partial charge in [-0.1, -0.05) is 26.5 Å². The molecule has 0 spiro atoms. The minimum absolute atomic E-state index is 0.0144. The van der Waals surface area contributed by atoms with Gasteiger partial charge in [-0.3, -0.25) is 0 Å². The van der Waals surface area contributed by atoms with E-state index in [1.807, 2.05) is 0 Å². The van der Waals surface area contributed by atoms with Crippen LogP contribution in [0.5, 0.6) is 0 Å². The zero-order valence-electron chi connectivity index (χ0n) is 7.27. The van der Waals surface area contributed by atoms with E-state index < -0.39 is 11.7 Å². The van der Waals surface area contributed by atoms with Gasteiger partial charge in [0.2, 0.25) is 0 Å². The monoisotopic (exact) mass is 170 g/mol. The van der Waals surface area contributed by atoms with Gasteiger partial charge in [0, 0.05) is 11.5 Å². The van der Waals surface area contributed by atoms with Crippen LogP contribution in [0, 0.1) is 11.8 Å². The van der Waals surface area contributed by atoms with Crippen molar-refractivity contribution in [3.8, 4) is 0 Å². The first-order valence-electron chi connectivity index (χ1n) is 3.97. The van der Waals surface area contributed by atoms with Crippen LogP contribution in [0.3, 0.4) is 0 Å². The van der Waals surface area contributed by atoms with E-state index in [0.717, 1.165) is 0 Å². The van der Waals surface area contributed by atoms with Crippen molar-refractivity contribution in [1.82, 2.24) is 0 Å². The highest BCUT2D eigenvalue weighted by atomic mass is 19.1. The molecule has 0 saturated heterocycles. The fourth-order valence-corrected chi connectivity index (χ4v) is 1.25. The molecule has 2 atom stereocenters. The van der Waals surface area contributed by atoms with Gasteiger partial charge in [0.15, 0.2) is 0 Å². The molecule has 0 aromatic rings. The summed E-state index contributed by atoms with van der Waals surface area (Å²) in [4.78, 5) is 0. The molecule has 0 amide bonds. The van der Waals surface area contributed by atoms with Crippen molar-refractivity contribution in [2.45, 2.75) is 13.8 Å². The molecule has 0 radical (unpaired) electrons. The second kappa shape index (κ2) is 3.21. The Hall–Kier alpha value is -0.920. The fraction of sp³-hybridized carbons (Fsp3) is 0.400. The SMILES string of the molecule is C=CC1=C(F)C(C)[C@@H](C)C=C1F. The van der Waals surface area contributed by atoms with E-state index in [1.165, 1.54) is 12.2 Å². The van der Waals surface area contributed by atoms with Crippen LogP contribution in [-0.4, -0.2) is 0 Å². The van der Waals surface area contributed by atoms with Gasteiger partial charge in [0.1, 0.15) is 11.7 Å². The van der Waals surface area contributed by atoms with Crippen LogP contribution < -0.4 is 0 Å². The van der Waals surface area contributed by atoms with Crippen LogP contribution in [0.4, 0.5) is 8.78 Å². The molecule has 0 aromatic heterocycles. The largest absolute Gasteiger partial charge is 0.211 e. The lowest BCUT2D eigenvalue weighted by molar-refractivity contribution is 0.396. The summed E-state index contributed by atoms with van der Waals surface area (Å²) in [6.07, 6.45) is 2.66. The van der Waals surface area contributed by atoms with Crippen molar-refractivity contribution in [2.24, 2.45) is 11.8 Å². The molecule has 1 aliphatic rings. The molecule has 12 heavy (non-hydrogen) atoms. The van der Waals surface area contributed by atoms with Gasteiger partial charge < -0.3 is 0 Å². The Labute approximate surface area is 71.3 Å². The maximum Gasteiger partial charge on any atom is 0.129 e. The summed E-state index contributed by atoms with van der Waals surface area (Å²) < 4.78 is 26.3. The quantitative estimate of drug-likeness (QED) is 0.564. The van der Waals surface area contributed by atoms with E-state index >= 15 is 0 Å².